The van der Waals surface area contributed by atoms with Gasteiger partial charge in [0.25, 0.3) is 0 Å². The maximum atomic E-state index is 13.2. The second-order valence-electron chi connectivity index (χ2n) is 7.31. The molecule has 5 nitrogen and oxygen atoms in total. The lowest BCUT2D eigenvalue weighted by molar-refractivity contribution is -0.118. The molecule has 2 amide bonds. The average molecular weight is 383 g/mol. The fourth-order valence-electron chi connectivity index (χ4n) is 3.69. The van der Waals surface area contributed by atoms with Gasteiger partial charge in [0.05, 0.1) is 6.54 Å². The minimum atomic E-state index is -0.499. The zero-order valence-electron chi connectivity index (χ0n) is 15.9. The number of primary amides is 1. The van der Waals surface area contributed by atoms with E-state index in [1.165, 1.54) is 31.4 Å². The smallest absolute Gasteiger partial charge is 0.248 e. The van der Waals surface area contributed by atoms with Crippen molar-refractivity contribution in [2.24, 2.45) is 5.73 Å². The molecule has 3 N–H and O–H groups in total. The fourth-order valence-corrected chi connectivity index (χ4v) is 3.69. The van der Waals surface area contributed by atoms with Crippen molar-refractivity contribution in [3.63, 3.8) is 0 Å². The van der Waals surface area contributed by atoms with E-state index in [1.54, 1.807) is 36.4 Å². The topological polar surface area (TPSA) is 75.4 Å². The molecule has 148 valence electrons. The van der Waals surface area contributed by atoms with E-state index in [-0.39, 0.29) is 18.3 Å². The van der Waals surface area contributed by atoms with Crippen molar-refractivity contribution in [2.75, 3.05) is 11.9 Å². The Morgan fingerprint density at radius 2 is 1.64 bits per heavy atom. The Morgan fingerprint density at radius 3 is 2.25 bits per heavy atom. The predicted molar refractivity (Wildman–Crippen MR) is 107 cm³/mol. The van der Waals surface area contributed by atoms with Crippen molar-refractivity contribution in [1.29, 1.82) is 0 Å². The molecule has 2 aromatic rings. The number of amides is 2. The SMILES string of the molecule is NC(=O)c1ccc(NC(=O)CN(Cc2ccc(F)cc2)C2CCCCC2)cc1. The van der Waals surface area contributed by atoms with E-state index in [4.69, 9.17) is 5.73 Å². The normalized spacial score (nSPS) is 14.8. The summed E-state index contributed by atoms with van der Waals surface area (Å²) in [7, 11) is 0. The second kappa shape index (κ2) is 9.46. The summed E-state index contributed by atoms with van der Waals surface area (Å²) in [6.45, 7) is 0.874. The van der Waals surface area contributed by atoms with Gasteiger partial charge >= 0.3 is 0 Å². The molecule has 2 aromatic carbocycles. The minimum absolute atomic E-state index is 0.112. The van der Waals surface area contributed by atoms with Crippen molar-refractivity contribution >= 4 is 17.5 Å². The van der Waals surface area contributed by atoms with Crippen LogP contribution in [0.5, 0.6) is 0 Å². The van der Waals surface area contributed by atoms with Gasteiger partial charge in [-0.1, -0.05) is 31.4 Å². The molecule has 28 heavy (non-hydrogen) atoms. The molecular weight excluding hydrogens is 357 g/mol. The summed E-state index contributed by atoms with van der Waals surface area (Å²) in [5.41, 5.74) is 7.26. The van der Waals surface area contributed by atoms with E-state index in [2.05, 4.69) is 10.2 Å². The van der Waals surface area contributed by atoms with Gasteiger partial charge in [0.15, 0.2) is 0 Å². The highest BCUT2D eigenvalue weighted by molar-refractivity contribution is 5.95. The Hall–Kier alpha value is -2.73. The monoisotopic (exact) mass is 383 g/mol. The van der Waals surface area contributed by atoms with Crippen LogP contribution in [0.15, 0.2) is 48.5 Å². The van der Waals surface area contributed by atoms with E-state index in [9.17, 15) is 14.0 Å². The molecule has 0 unspecified atom stereocenters. The molecular formula is C22H26FN3O2. The molecule has 6 heteroatoms. The van der Waals surface area contributed by atoms with Crippen LogP contribution in [0.25, 0.3) is 0 Å². The van der Waals surface area contributed by atoms with E-state index in [0.717, 1.165) is 18.4 Å². The zero-order valence-corrected chi connectivity index (χ0v) is 15.9. The fraction of sp³-hybridized carbons (Fsp3) is 0.364. The van der Waals surface area contributed by atoms with Crippen LogP contribution >= 0.6 is 0 Å². The largest absolute Gasteiger partial charge is 0.366 e. The van der Waals surface area contributed by atoms with Crippen LogP contribution in [0.1, 0.15) is 48.0 Å². The minimum Gasteiger partial charge on any atom is -0.366 e. The number of nitrogens with two attached hydrogens (primary N) is 1. The van der Waals surface area contributed by atoms with E-state index >= 15 is 0 Å². The van der Waals surface area contributed by atoms with Crippen molar-refractivity contribution in [3.05, 3.63) is 65.5 Å². The van der Waals surface area contributed by atoms with Gasteiger partial charge in [-0.2, -0.15) is 0 Å². The zero-order chi connectivity index (χ0) is 19.9. The Kier molecular flexibility index (Phi) is 6.76. The number of nitrogens with one attached hydrogen (secondary N) is 1. The van der Waals surface area contributed by atoms with Crippen molar-refractivity contribution in [1.82, 2.24) is 4.90 Å². The lowest BCUT2D eigenvalue weighted by Gasteiger charge is -2.34. The highest BCUT2D eigenvalue weighted by Gasteiger charge is 2.23. The highest BCUT2D eigenvalue weighted by Crippen LogP contribution is 2.24. The Morgan fingerprint density at radius 1 is 1.00 bits per heavy atom. The van der Waals surface area contributed by atoms with Gasteiger partial charge in [0, 0.05) is 23.8 Å². The molecule has 1 saturated carbocycles. The Bertz CT molecular complexity index is 800. The predicted octanol–water partition coefficient (Wildman–Crippen LogP) is 3.70. The maximum Gasteiger partial charge on any atom is 0.248 e. The number of carbonyl (C=O) groups excluding carboxylic acids is 2. The summed E-state index contributed by atoms with van der Waals surface area (Å²) < 4.78 is 13.2. The first-order valence-electron chi connectivity index (χ1n) is 9.69. The van der Waals surface area contributed by atoms with Crippen LogP contribution in [0, 0.1) is 5.82 Å². The third-order valence-corrected chi connectivity index (χ3v) is 5.19. The number of nitrogens with zero attached hydrogens (tertiary/aromatic N) is 1. The molecule has 1 aliphatic carbocycles. The van der Waals surface area contributed by atoms with Gasteiger partial charge in [0.2, 0.25) is 11.8 Å². The standard InChI is InChI=1S/C22H26FN3O2/c23-18-10-6-16(7-11-18)14-26(20-4-2-1-3-5-20)15-21(27)25-19-12-8-17(9-13-19)22(24)28/h6-13,20H,1-5,14-15H2,(H2,24,28)(H,25,27). The number of hydrogen-bond acceptors (Lipinski definition) is 3. The molecule has 1 aliphatic rings. The Labute approximate surface area is 164 Å². The third kappa shape index (κ3) is 5.63. The second-order valence-corrected chi connectivity index (χ2v) is 7.31. The number of rotatable bonds is 7. The highest BCUT2D eigenvalue weighted by atomic mass is 19.1. The third-order valence-electron chi connectivity index (χ3n) is 5.19. The summed E-state index contributed by atoms with van der Waals surface area (Å²) in [4.78, 5) is 26.0. The molecule has 0 atom stereocenters. The van der Waals surface area contributed by atoms with Crippen LogP contribution in [-0.4, -0.2) is 29.3 Å². The average Bonchev–Trinajstić information content (AvgIpc) is 2.70. The van der Waals surface area contributed by atoms with Gasteiger partial charge in [-0.3, -0.25) is 14.5 Å². The number of anilines is 1. The van der Waals surface area contributed by atoms with Gasteiger partial charge in [-0.05, 0) is 54.8 Å². The number of halogens is 1. The molecule has 3 rings (SSSR count). The summed E-state index contributed by atoms with van der Waals surface area (Å²) in [5, 5.41) is 2.88. The van der Waals surface area contributed by atoms with E-state index in [1.807, 2.05) is 0 Å². The molecule has 0 bridgehead atoms. The molecule has 0 radical (unpaired) electrons. The van der Waals surface area contributed by atoms with Gasteiger partial charge in [0.1, 0.15) is 5.82 Å². The van der Waals surface area contributed by atoms with Crippen LogP contribution in [0.2, 0.25) is 0 Å². The summed E-state index contributed by atoms with van der Waals surface area (Å²) in [5.74, 6) is -0.870. The van der Waals surface area contributed by atoms with Crippen molar-refractivity contribution < 1.29 is 14.0 Å². The van der Waals surface area contributed by atoms with Crippen molar-refractivity contribution in [3.8, 4) is 0 Å². The van der Waals surface area contributed by atoms with Crippen LogP contribution < -0.4 is 11.1 Å². The summed E-state index contributed by atoms with van der Waals surface area (Å²) in [6, 6.07) is 13.3. The Balaban J connectivity index is 1.66. The first-order valence-corrected chi connectivity index (χ1v) is 9.69. The van der Waals surface area contributed by atoms with Gasteiger partial charge < -0.3 is 11.1 Å². The quantitative estimate of drug-likeness (QED) is 0.765. The van der Waals surface area contributed by atoms with Crippen LogP contribution in [0.3, 0.4) is 0 Å². The first kappa shape index (κ1) is 20.0. The van der Waals surface area contributed by atoms with Gasteiger partial charge in [-0.25, -0.2) is 4.39 Å². The lowest BCUT2D eigenvalue weighted by Crippen LogP contribution is -2.41. The number of hydrogen-bond donors (Lipinski definition) is 2. The van der Waals surface area contributed by atoms with Gasteiger partial charge in [-0.15, -0.1) is 0 Å². The van der Waals surface area contributed by atoms with Crippen LogP contribution in [0.4, 0.5) is 10.1 Å². The number of benzene rings is 2. The number of carbonyl (C=O) groups is 2. The molecule has 0 heterocycles. The first-order chi connectivity index (χ1) is 13.5. The molecule has 0 saturated heterocycles. The van der Waals surface area contributed by atoms with Crippen LogP contribution in [-0.2, 0) is 11.3 Å². The maximum absolute atomic E-state index is 13.2. The molecule has 0 aromatic heterocycles. The summed E-state index contributed by atoms with van der Waals surface area (Å²) >= 11 is 0. The molecule has 1 fully saturated rings. The lowest BCUT2D eigenvalue weighted by atomic mass is 9.93. The molecule has 0 spiro atoms. The van der Waals surface area contributed by atoms with Crippen molar-refractivity contribution in [2.45, 2.75) is 44.7 Å². The summed E-state index contributed by atoms with van der Waals surface area (Å²) in [6.07, 6.45) is 5.71. The molecule has 0 aliphatic heterocycles. The van der Waals surface area contributed by atoms with E-state index in [0.29, 0.717) is 23.8 Å². The van der Waals surface area contributed by atoms with E-state index < -0.39 is 5.91 Å².